The summed E-state index contributed by atoms with van der Waals surface area (Å²) in [5.74, 6) is -0.950. The van der Waals surface area contributed by atoms with Crippen LogP contribution in [0.3, 0.4) is 0 Å². The smallest absolute Gasteiger partial charge is 0.339 e. The number of carbonyl (C=O) groups is 1. The summed E-state index contributed by atoms with van der Waals surface area (Å²) >= 11 is 0. The van der Waals surface area contributed by atoms with Gasteiger partial charge in [-0.05, 0) is 26.0 Å². The summed E-state index contributed by atoms with van der Waals surface area (Å²) in [6.07, 6.45) is 3.28. The number of hydrogen-bond acceptors (Lipinski definition) is 3. The molecule has 2 heterocycles. The minimum Gasteiger partial charge on any atom is -0.478 e. The minimum atomic E-state index is -0.950. The highest BCUT2D eigenvalue weighted by Crippen LogP contribution is 2.25. The Kier molecular flexibility index (Phi) is 2.91. The van der Waals surface area contributed by atoms with Crippen LogP contribution in [0.4, 0.5) is 0 Å². The van der Waals surface area contributed by atoms with E-state index in [-0.39, 0.29) is 5.56 Å². The van der Waals surface area contributed by atoms with Gasteiger partial charge in [0.15, 0.2) is 0 Å². The normalized spacial score (nSPS) is 10.5. The van der Waals surface area contributed by atoms with Crippen molar-refractivity contribution in [2.24, 2.45) is 0 Å². The lowest BCUT2D eigenvalue weighted by molar-refractivity contribution is 0.0697. The van der Waals surface area contributed by atoms with Gasteiger partial charge < -0.3 is 5.11 Å². The van der Waals surface area contributed by atoms with Gasteiger partial charge in [0.2, 0.25) is 0 Å². The van der Waals surface area contributed by atoms with Crippen LogP contribution < -0.4 is 0 Å². The third kappa shape index (κ3) is 1.91. The lowest BCUT2D eigenvalue weighted by atomic mass is 10.1. The van der Waals surface area contributed by atoms with Crippen LogP contribution in [0.15, 0.2) is 24.5 Å². The molecule has 88 valence electrons. The third-order valence-corrected chi connectivity index (χ3v) is 2.59. The van der Waals surface area contributed by atoms with E-state index in [9.17, 15) is 9.90 Å². The van der Waals surface area contributed by atoms with Crippen LogP contribution in [-0.4, -0.2) is 25.8 Å². The summed E-state index contributed by atoms with van der Waals surface area (Å²) in [4.78, 5) is 15.2. The van der Waals surface area contributed by atoms with Gasteiger partial charge in [-0.3, -0.25) is 9.67 Å². The van der Waals surface area contributed by atoms with E-state index in [4.69, 9.17) is 0 Å². The topological polar surface area (TPSA) is 68.0 Å². The molecule has 0 aliphatic carbocycles. The molecule has 17 heavy (non-hydrogen) atoms. The second-order valence-electron chi connectivity index (χ2n) is 3.67. The van der Waals surface area contributed by atoms with Gasteiger partial charge in [0.1, 0.15) is 5.56 Å². The molecule has 2 aromatic rings. The van der Waals surface area contributed by atoms with Gasteiger partial charge in [0, 0.05) is 24.5 Å². The van der Waals surface area contributed by atoms with E-state index in [2.05, 4.69) is 10.1 Å². The van der Waals surface area contributed by atoms with E-state index in [0.29, 0.717) is 17.9 Å². The summed E-state index contributed by atoms with van der Waals surface area (Å²) in [5, 5.41) is 13.5. The molecule has 0 radical (unpaired) electrons. The lowest BCUT2D eigenvalue weighted by Crippen LogP contribution is -2.03. The van der Waals surface area contributed by atoms with Crippen LogP contribution in [0.5, 0.6) is 0 Å². The molecule has 0 aliphatic rings. The number of rotatable bonds is 3. The highest BCUT2D eigenvalue weighted by Gasteiger charge is 2.21. The second-order valence-corrected chi connectivity index (χ2v) is 3.67. The number of carboxylic acids is 1. The maximum absolute atomic E-state index is 11.3. The number of carboxylic acid groups (broad SMARTS) is 1. The van der Waals surface area contributed by atoms with Crippen LogP contribution >= 0.6 is 0 Å². The number of aromatic nitrogens is 3. The average molecular weight is 231 g/mol. The average Bonchev–Trinajstić information content (AvgIpc) is 2.67. The Labute approximate surface area is 98.7 Å². The van der Waals surface area contributed by atoms with Crippen molar-refractivity contribution in [1.82, 2.24) is 14.8 Å². The molecular formula is C12H13N3O2. The maximum atomic E-state index is 11.3. The fraction of sp³-hybridized carbons (Fsp3) is 0.250. The van der Waals surface area contributed by atoms with Crippen LogP contribution in [0.2, 0.25) is 0 Å². The zero-order valence-corrected chi connectivity index (χ0v) is 9.71. The SMILES string of the molecule is CCn1nc(C)c(C(=O)O)c1-c1ccncc1. The van der Waals surface area contributed by atoms with Crippen molar-refractivity contribution in [2.75, 3.05) is 0 Å². The molecule has 2 aromatic heterocycles. The summed E-state index contributed by atoms with van der Waals surface area (Å²) < 4.78 is 1.70. The van der Waals surface area contributed by atoms with E-state index < -0.39 is 5.97 Å². The predicted octanol–water partition coefficient (Wildman–Crippen LogP) is 1.97. The first-order valence-electron chi connectivity index (χ1n) is 5.36. The van der Waals surface area contributed by atoms with Crippen molar-refractivity contribution in [1.29, 1.82) is 0 Å². The first kappa shape index (κ1) is 11.3. The summed E-state index contributed by atoms with van der Waals surface area (Å²) in [5.41, 5.74) is 2.25. The van der Waals surface area contributed by atoms with Crippen molar-refractivity contribution < 1.29 is 9.90 Å². The van der Waals surface area contributed by atoms with Gasteiger partial charge in [-0.25, -0.2) is 4.79 Å². The molecule has 0 spiro atoms. The largest absolute Gasteiger partial charge is 0.478 e. The first-order valence-corrected chi connectivity index (χ1v) is 5.36. The fourth-order valence-corrected chi connectivity index (χ4v) is 1.87. The molecule has 2 rings (SSSR count). The molecule has 5 heteroatoms. The van der Waals surface area contributed by atoms with Crippen molar-refractivity contribution in [2.45, 2.75) is 20.4 Å². The zero-order valence-electron chi connectivity index (χ0n) is 9.71. The second kappa shape index (κ2) is 4.37. The molecule has 0 saturated heterocycles. The van der Waals surface area contributed by atoms with Crippen LogP contribution in [0.1, 0.15) is 23.0 Å². The van der Waals surface area contributed by atoms with Crippen molar-refractivity contribution in [3.05, 3.63) is 35.8 Å². The monoisotopic (exact) mass is 231 g/mol. The van der Waals surface area contributed by atoms with E-state index >= 15 is 0 Å². The van der Waals surface area contributed by atoms with E-state index in [0.717, 1.165) is 5.56 Å². The van der Waals surface area contributed by atoms with Gasteiger partial charge in [0.05, 0.1) is 11.4 Å². The van der Waals surface area contributed by atoms with Gasteiger partial charge in [-0.1, -0.05) is 0 Å². The van der Waals surface area contributed by atoms with E-state index in [1.54, 1.807) is 36.1 Å². The number of pyridine rings is 1. The molecule has 0 aromatic carbocycles. The molecule has 0 aliphatic heterocycles. The summed E-state index contributed by atoms with van der Waals surface area (Å²) in [6.45, 7) is 4.27. The Balaban J connectivity index is 2.70. The Morgan fingerprint density at radius 3 is 2.59 bits per heavy atom. The van der Waals surface area contributed by atoms with E-state index in [1.807, 2.05) is 6.92 Å². The Hall–Kier alpha value is -2.17. The van der Waals surface area contributed by atoms with Gasteiger partial charge in [-0.15, -0.1) is 0 Å². The minimum absolute atomic E-state index is 0.262. The lowest BCUT2D eigenvalue weighted by Gasteiger charge is -2.05. The molecule has 0 atom stereocenters. The summed E-state index contributed by atoms with van der Waals surface area (Å²) in [6, 6.07) is 3.57. The number of hydrogen-bond donors (Lipinski definition) is 1. The first-order chi connectivity index (χ1) is 8.15. The van der Waals surface area contributed by atoms with Gasteiger partial charge in [0.25, 0.3) is 0 Å². The molecule has 0 amide bonds. The van der Waals surface area contributed by atoms with Crippen LogP contribution in [0.25, 0.3) is 11.3 Å². The molecule has 5 nitrogen and oxygen atoms in total. The zero-order chi connectivity index (χ0) is 12.4. The molecule has 1 N–H and O–H groups in total. The van der Waals surface area contributed by atoms with Gasteiger partial charge >= 0.3 is 5.97 Å². The molecular weight excluding hydrogens is 218 g/mol. The van der Waals surface area contributed by atoms with Crippen molar-refractivity contribution in [3.63, 3.8) is 0 Å². The maximum Gasteiger partial charge on any atom is 0.339 e. The fourth-order valence-electron chi connectivity index (χ4n) is 1.87. The van der Waals surface area contributed by atoms with E-state index in [1.165, 1.54) is 0 Å². The highest BCUT2D eigenvalue weighted by atomic mass is 16.4. The molecule has 0 fully saturated rings. The number of nitrogens with zero attached hydrogens (tertiary/aromatic N) is 3. The van der Waals surface area contributed by atoms with Crippen molar-refractivity contribution in [3.8, 4) is 11.3 Å². The predicted molar refractivity (Wildman–Crippen MR) is 62.8 cm³/mol. The Morgan fingerprint density at radius 1 is 1.41 bits per heavy atom. The molecule has 0 bridgehead atoms. The standard InChI is InChI=1S/C12H13N3O2/c1-3-15-11(9-4-6-13-7-5-9)10(12(16)17)8(2)14-15/h4-7H,3H2,1-2H3,(H,16,17). The Bertz CT molecular complexity index is 546. The summed E-state index contributed by atoms with van der Waals surface area (Å²) in [7, 11) is 0. The molecule has 0 unspecified atom stereocenters. The highest BCUT2D eigenvalue weighted by molar-refractivity contribution is 5.96. The van der Waals surface area contributed by atoms with Crippen LogP contribution in [0, 0.1) is 6.92 Å². The number of aryl methyl sites for hydroxylation is 2. The quantitative estimate of drug-likeness (QED) is 0.876. The van der Waals surface area contributed by atoms with Gasteiger partial charge in [-0.2, -0.15) is 5.10 Å². The van der Waals surface area contributed by atoms with Crippen molar-refractivity contribution >= 4 is 5.97 Å². The Morgan fingerprint density at radius 2 is 2.06 bits per heavy atom. The molecule has 0 saturated carbocycles. The van der Waals surface area contributed by atoms with Crippen LogP contribution in [-0.2, 0) is 6.54 Å². The number of aromatic carboxylic acids is 1. The third-order valence-electron chi connectivity index (χ3n) is 2.59.